The Morgan fingerprint density at radius 2 is 1.77 bits per heavy atom. The first-order chi connectivity index (χ1) is 18.4. The third-order valence-electron chi connectivity index (χ3n) is 8.15. The zero-order valence-corrected chi connectivity index (χ0v) is 23.9. The molecule has 1 aromatic carbocycles. The molecule has 0 unspecified atom stereocenters. The van der Waals surface area contributed by atoms with E-state index in [4.69, 9.17) is 5.73 Å². The average Bonchev–Trinajstić information content (AvgIpc) is 2.81. The van der Waals surface area contributed by atoms with Gasteiger partial charge in [-0.3, -0.25) is 24.2 Å². The summed E-state index contributed by atoms with van der Waals surface area (Å²) in [4.78, 5) is 43.1. The molecule has 6 N–H and O–H groups in total. The molecule has 0 spiro atoms. The minimum atomic E-state index is -2.67. The highest BCUT2D eigenvalue weighted by Crippen LogP contribution is 2.53. The van der Waals surface area contributed by atoms with Gasteiger partial charge in [-0.15, -0.1) is 0 Å². The van der Waals surface area contributed by atoms with Gasteiger partial charge in [0.2, 0.25) is 5.78 Å². The topological polar surface area (TPSA) is 165 Å². The number of aliphatic hydroxyl groups excluding tert-OH is 2. The van der Waals surface area contributed by atoms with E-state index in [1.807, 2.05) is 39.8 Å². The Balaban J connectivity index is 1.99. The van der Waals surface area contributed by atoms with E-state index in [9.17, 15) is 34.8 Å². The lowest BCUT2D eigenvalue weighted by atomic mass is 9.58. The molecule has 0 radical (unpaired) electrons. The fourth-order valence-corrected chi connectivity index (χ4v) is 6.29. The number of hydrogen-bond donors (Lipinski definition) is 5. The third kappa shape index (κ3) is 4.29. The van der Waals surface area contributed by atoms with E-state index in [0.29, 0.717) is 23.2 Å². The van der Waals surface area contributed by atoms with Gasteiger partial charge in [0.25, 0.3) is 5.91 Å². The van der Waals surface area contributed by atoms with Crippen LogP contribution in [0.25, 0.3) is 0 Å². The lowest BCUT2D eigenvalue weighted by Crippen LogP contribution is -2.63. The molecule has 10 nitrogen and oxygen atoms in total. The van der Waals surface area contributed by atoms with Gasteiger partial charge in [0, 0.05) is 22.6 Å². The number of primary amides is 1. The number of fused-ring (bicyclic) bond motifs is 3. The molecule has 0 aliphatic heterocycles. The van der Waals surface area contributed by atoms with Crippen molar-refractivity contribution < 1.29 is 34.8 Å². The number of benzene rings is 1. The van der Waals surface area contributed by atoms with Crippen LogP contribution in [-0.4, -0.2) is 94.1 Å². The number of ketones is 2. The maximum atomic E-state index is 14.1. The summed E-state index contributed by atoms with van der Waals surface area (Å²) in [6, 6.07) is 0.750. The Hall–Kier alpha value is -3.65. The van der Waals surface area contributed by atoms with Crippen molar-refractivity contribution in [3.63, 3.8) is 0 Å². The van der Waals surface area contributed by atoms with Crippen LogP contribution in [0.4, 0.5) is 0 Å². The van der Waals surface area contributed by atoms with Gasteiger partial charge in [-0.25, -0.2) is 0 Å². The molecule has 3 aliphatic carbocycles. The molecule has 0 saturated heterocycles. The van der Waals surface area contributed by atoms with E-state index in [-0.39, 0.29) is 29.7 Å². The minimum absolute atomic E-state index is 0.0256. The summed E-state index contributed by atoms with van der Waals surface area (Å²) in [6.45, 7) is 6.13. The van der Waals surface area contributed by atoms with Crippen molar-refractivity contribution in [2.75, 3.05) is 34.7 Å². The van der Waals surface area contributed by atoms with Gasteiger partial charge in [0.05, 0.1) is 18.2 Å². The maximum absolute atomic E-state index is 14.1. The molecule has 1 aromatic rings. The third-order valence-corrected chi connectivity index (χ3v) is 8.15. The Labute approximate surface area is 233 Å². The van der Waals surface area contributed by atoms with E-state index >= 15 is 0 Å². The highest BCUT2D eigenvalue weighted by atomic mass is 16.3. The number of phenolic OH excluding ortho intramolecular Hbond substituents is 1. The average molecular weight is 552 g/mol. The zero-order valence-electron chi connectivity index (χ0n) is 23.9. The number of nitrogens with two attached hydrogens (primary N) is 1. The number of amides is 1. The number of allylic oxidation sites excluding steroid dienone is 1. The Morgan fingerprint density at radius 3 is 2.30 bits per heavy atom. The van der Waals surface area contributed by atoms with Gasteiger partial charge >= 0.3 is 0 Å². The van der Waals surface area contributed by atoms with Crippen LogP contribution in [0, 0.1) is 23.7 Å². The van der Waals surface area contributed by atoms with Gasteiger partial charge in [0.15, 0.2) is 11.4 Å². The van der Waals surface area contributed by atoms with E-state index in [0.717, 1.165) is 0 Å². The number of carbonyl (C=O) groups excluding carboxylic acids is 3. The quantitative estimate of drug-likeness (QED) is 0.275. The molecular formula is C30H37N3O7. The van der Waals surface area contributed by atoms with Gasteiger partial charge in [0.1, 0.15) is 22.8 Å². The van der Waals surface area contributed by atoms with Crippen molar-refractivity contribution in [1.29, 1.82) is 0 Å². The molecule has 0 aromatic heterocycles. The van der Waals surface area contributed by atoms with Crippen LogP contribution < -0.4 is 5.73 Å². The first-order valence-electron chi connectivity index (χ1n) is 13.1. The SMILES string of the molecule is CN(C)CC#Cc1cc(C(C)(C)C)c(O)c2c1C[C@H]1C[C@H]3[C@@H](N(C)C)C(O)=C(C(N)=O)C(=O)[C@@]3(O)C(O)=C1C2=O. The van der Waals surface area contributed by atoms with Crippen molar-refractivity contribution in [3.8, 4) is 17.6 Å². The maximum Gasteiger partial charge on any atom is 0.255 e. The van der Waals surface area contributed by atoms with E-state index in [1.165, 1.54) is 4.90 Å². The predicted octanol–water partition coefficient (Wildman–Crippen LogP) is 1.33. The largest absolute Gasteiger partial charge is 0.510 e. The lowest BCUT2D eigenvalue weighted by Gasteiger charge is -2.50. The summed E-state index contributed by atoms with van der Waals surface area (Å²) in [5.74, 6) is -0.442. The molecule has 4 atom stereocenters. The monoisotopic (exact) mass is 551 g/mol. The van der Waals surface area contributed by atoms with E-state index < -0.39 is 63.5 Å². The molecule has 0 saturated carbocycles. The van der Waals surface area contributed by atoms with Crippen LogP contribution in [-0.2, 0) is 21.4 Å². The molecular weight excluding hydrogens is 514 g/mol. The normalized spacial score (nSPS) is 26.4. The molecule has 3 aliphatic rings. The Morgan fingerprint density at radius 1 is 1.15 bits per heavy atom. The first-order valence-corrected chi connectivity index (χ1v) is 13.1. The summed E-state index contributed by atoms with van der Waals surface area (Å²) in [5.41, 5.74) is 2.71. The summed E-state index contributed by atoms with van der Waals surface area (Å²) in [7, 11) is 6.96. The van der Waals surface area contributed by atoms with Crippen LogP contribution in [0.3, 0.4) is 0 Å². The van der Waals surface area contributed by atoms with Crippen molar-refractivity contribution in [3.05, 3.63) is 51.0 Å². The van der Waals surface area contributed by atoms with Crippen molar-refractivity contribution >= 4 is 17.5 Å². The Bertz CT molecular complexity index is 1450. The number of carbonyl (C=O) groups is 3. The number of nitrogens with zero attached hydrogens (tertiary/aromatic N) is 2. The highest BCUT2D eigenvalue weighted by Gasteiger charge is 2.63. The number of phenols is 1. The standard InChI is InChI=1S/C30H37N3O7/c1-29(2,3)18-12-14(9-8-10-32(4)5)16-11-15-13-17-22(33(6)7)25(36)21(28(31)39)27(38)30(17,40)26(37)19(15)24(35)20(16)23(18)34/h12,15,17,22,34,36-37,40H,10-11,13H2,1-7H3,(H2,31,39)/t15-,17-,22+,30-/m0/s1. The molecule has 40 heavy (non-hydrogen) atoms. The fraction of sp³-hybridized carbons (Fsp3) is 0.500. The number of rotatable bonds is 3. The predicted molar refractivity (Wildman–Crippen MR) is 148 cm³/mol. The van der Waals surface area contributed by atoms with Crippen LogP contribution in [0.1, 0.15) is 54.2 Å². The second-order valence-corrected chi connectivity index (χ2v) is 12.4. The zero-order chi connectivity index (χ0) is 30.1. The second kappa shape index (κ2) is 9.77. The molecule has 0 fully saturated rings. The van der Waals surface area contributed by atoms with Gasteiger partial charge < -0.3 is 26.2 Å². The van der Waals surface area contributed by atoms with Crippen LogP contribution in [0.2, 0.25) is 0 Å². The summed E-state index contributed by atoms with van der Waals surface area (Å²) < 4.78 is 0. The van der Waals surface area contributed by atoms with Gasteiger partial charge in [-0.2, -0.15) is 0 Å². The van der Waals surface area contributed by atoms with E-state index in [2.05, 4.69) is 11.8 Å². The lowest BCUT2D eigenvalue weighted by molar-refractivity contribution is -0.148. The second-order valence-electron chi connectivity index (χ2n) is 12.4. The molecule has 0 bridgehead atoms. The molecule has 4 rings (SSSR count). The smallest absolute Gasteiger partial charge is 0.255 e. The van der Waals surface area contributed by atoms with Crippen molar-refractivity contribution in [1.82, 2.24) is 9.80 Å². The number of aliphatic hydroxyl groups is 3. The van der Waals surface area contributed by atoms with Crippen LogP contribution in [0.15, 0.2) is 28.7 Å². The van der Waals surface area contributed by atoms with Crippen molar-refractivity contribution in [2.45, 2.75) is 50.7 Å². The first kappa shape index (κ1) is 29.3. The number of Topliss-reactive ketones (excluding diaryl/α,β-unsaturated/α-hetero) is 2. The number of aromatic hydroxyl groups is 1. The fourth-order valence-electron chi connectivity index (χ4n) is 6.29. The number of hydrogen-bond acceptors (Lipinski definition) is 9. The van der Waals surface area contributed by atoms with Crippen molar-refractivity contribution in [2.24, 2.45) is 17.6 Å². The molecule has 214 valence electrons. The number of likely N-dealkylation sites (N-methyl/N-ethyl adjacent to an activating group) is 1. The minimum Gasteiger partial charge on any atom is -0.510 e. The summed E-state index contributed by atoms with van der Waals surface area (Å²) in [6.07, 6.45) is 0.219. The van der Waals surface area contributed by atoms with Gasteiger partial charge in [-0.1, -0.05) is 32.6 Å². The molecule has 10 heteroatoms. The molecule has 0 heterocycles. The van der Waals surface area contributed by atoms with Crippen LogP contribution >= 0.6 is 0 Å². The molecule has 1 amide bonds. The van der Waals surface area contributed by atoms with Gasteiger partial charge in [-0.05, 0) is 64.0 Å². The van der Waals surface area contributed by atoms with Crippen LogP contribution in [0.5, 0.6) is 5.75 Å². The summed E-state index contributed by atoms with van der Waals surface area (Å²) in [5, 5.41) is 45.5. The summed E-state index contributed by atoms with van der Waals surface area (Å²) >= 11 is 0. The Kier molecular flexibility index (Phi) is 7.16. The highest BCUT2D eigenvalue weighted by molar-refractivity contribution is 6.24. The van der Waals surface area contributed by atoms with E-state index in [1.54, 1.807) is 20.2 Å².